The number of carbonyl (C=O) groups is 9. The number of nitrogens with two attached hydrogens (primary N) is 2. The Kier molecular flexibility index (Phi) is 35.4. The first-order valence-corrected chi connectivity index (χ1v) is 48.8. The van der Waals surface area contributed by atoms with E-state index < -0.39 is 114 Å². The highest BCUT2D eigenvalue weighted by atomic mass is 16.6. The van der Waals surface area contributed by atoms with Crippen LogP contribution in [-0.4, -0.2) is 302 Å². The maximum Gasteiger partial charge on any atom is 0.410 e. The van der Waals surface area contributed by atoms with Crippen LogP contribution < -0.4 is 26.6 Å². The fraction of sp³-hybridized carbons (Fsp3) is 0.574. The van der Waals surface area contributed by atoms with Gasteiger partial charge in [-0.15, -0.1) is 0 Å². The topological polar surface area (TPSA) is 473 Å². The number of anilines is 4. The zero-order chi connectivity index (χ0) is 98.7. The average molecular weight is 1920 g/mol. The van der Waals surface area contributed by atoms with E-state index in [1.54, 1.807) is 76.0 Å². The van der Waals surface area contributed by atoms with Gasteiger partial charge < -0.3 is 93.8 Å². The van der Waals surface area contributed by atoms with E-state index in [0.717, 1.165) is 46.5 Å². The van der Waals surface area contributed by atoms with Gasteiger partial charge in [-0.05, 0) is 160 Å². The van der Waals surface area contributed by atoms with Gasteiger partial charge in [-0.3, -0.25) is 38.5 Å². The van der Waals surface area contributed by atoms with Gasteiger partial charge in [-0.25, -0.2) is 44.2 Å². The summed E-state index contributed by atoms with van der Waals surface area (Å²) >= 11 is 0. The minimum absolute atomic E-state index is 0.00654. The highest BCUT2D eigenvalue weighted by molar-refractivity contribution is 6.39. The average Bonchev–Trinajstić information content (AvgIpc) is 1.60. The molecule has 139 heavy (non-hydrogen) atoms. The number of Topliss-reactive ketones (excluding diaryl/α,β-unsaturated/α-hetero) is 3. The van der Waals surface area contributed by atoms with Crippen LogP contribution in [0.1, 0.15) is 171 Å². The molecule has 0 unspecified atom stereocenters. The number of nitrogens with one attached hydrogen (secondary N) is 1. The van der Waals surface area contributed by atoms with Crippen molar-refractivity contribution in [3.63, 3.8) is 0 Å². The first-order valence-electron chi connectivity index (χ1n) is 48.8. The molecule has 14 rings (SSSR count). The number of aromatic nitrogens is 9. The normalized spacial score (nSPS) is 27.1. The Morgan fingerprint density at radius 3 is 2.21 bits per heavy atom. The van der Waals surface area contributed by atoms with E-state index in [4.69, 9.17) is 58.9 Å². The number of esters is 2. The number of aliphatic hydroxyl groups excluding tert-OH is 1. The molecule has 7 N–H and O–H groups in total. The fourth-order valence-corrected chi connectivity index (χ4v) is 19.9. The van der Waals surface area contributed by atoms with Gasteiger partial charge >= 0.3 is 18.0 Å². The second kappa shape index (κ2) is 47.8. The molecule has 11 heterocycles. The molecule has 6 aliphatic heterocycles. The second-order valence-corrected chi connectivity index (χ2v) is 38.1. The SMILES string of the molecule is CO[C@H]1C[C@@H]2CC[C@@H](C)[C@@](O)(O2)C(=O)C(=O)N2CCCC[C@H]2C(=O)O[C@H]([C@H](C)C[C@@H]2CC[C@@H](OC(=O)CCc3cnc(N4CCN(C(=O)CCOCCN5CCN(c6ncc(C(=O)NCCOC(=O)N7CCc8cc(Cn9nc(-c%10ccc%11oc(N)nc%11c%10)c%10c(N)ncnc%109)ccc8C7)cn6)CC5)CC4)nc3)[C@H](OC)C2)CC(=O)[C@H](C)/C=C(\C)[C@@H](O)[C@@H](OC)C(=O)[C@H](C)C[C@H](C)/C=C/C=C/C=C/1C. The van der Waals surface area contributed by atoms with E-state index in [-0.39, 0.29) is 92.7 Å². The van der Waals surface area contributed by atoms with E-state index >= 15 is 0 Å². The number of hydrogen-bond acceptors (Lipinski definition) is 33. The molecule has 38 heteroatoms. The zero-order valence-corrected chi connectivity index (χ0v) is 81.3. The minimum atomic E-state index is -2.49. The summed E-state index contributed by atoms with van der Waals surface area (Å²) in [7, 11) is 4.50. The Hall–Kier alpha value is -11.9. The number of hydrogen-bond donors (Lipinski definition) is 5. The number of nitrogen functional groups attached to an aromatic ring is 2. The number of piperazine rings is 2. The summed E-state index contributed by atoms with van der Waals surface area (Å²) < 4.78 is 55.2. The number of aryl methyl sites for hydroxylation is 1. The number of methoxy groups -OCH3 is 3. The van der Waals surface area contributed by atoms with Crippen molar-refractivity contribution in [3.05, 3.63) is 143 Å². The Balaban J connectivity index is 0.477. The number of benzene rings is 2. The number of rotatable bonds is 25. The molecule has 7 aromatic rings. The number of amides is 4. The molecule has 38 nitrogen and oxygen atoms in total. The Labute approximate surface area is 809 Å². The maximum absolute atomic E-state index is 14.8. The summed E-state index contributed by atoms with van der Waals surface area (Å²) in [6.07, 6.45) is 18.5. The molecule has 2 aromatic carbocycles. The van der Waals surface area contributed by atoms with Crippen molar-refractivity contribution >= 4 is 99.0 Å². The van der Waals surface area contributed by atoms with Crippen LogP contribution in [0, 0.1) is 35.5 Å². The number of piperidine rings is 1. The summed E-state index contributed by atoms with van der Waals surface area (Å²) in [5, 5.41) is 32.2. The number of allylic oxidation sites excluding steroid dienone is 6. The number of cyclic esters (lactones) is 1. The molecule has 15 atom stereocenters. The molecule has 7 aliphatic rings. The van der Waals surface area contributed by atoms with Gasteiger partial charge in [0.25, 0.3) is 23.6 Å². The van der Waals surface area contributed by atoms with Gasteiger partial charge in [0, 0.05) is 167 Å². The maximum atomic E-state index is 14.8. The highest BCUT2D eigenvalue weighted by Crippen LogP contribution is 2.41. The zero-order valence-electron chi connectivity index (χ0n) is 81.3. The number of nitrogens with zero attached hydrogens (tertiary/aromatic N) is 15. The smallest absolute Gasteiger partial charge is 0.410 e. The monoisotopic (exact) mass is 1920 g/mol. The van der Waals surface area contributed by atoms with Gasteiger partial charge in [-0.2, -0.15) is 10.1 Å². The largest absolute Gasteiger partial charge is 0.460 e. The van der Waals surface area contributed by atoms with Gasteiger partial charge in [0.05, 0.1) is 62.0 Å². The summed E-state index contributed by atoms with van der Waals surface area (Å²) in [4.78, 5) is 168. The third-order valence-electron chi connectivity index (χ3n) is 28.3. The van der Waals surface area contributed by atoms with Crippen LogP contribution in [0.4, 0.5) is 28.5 Å². The van der Waals surface area contributed by atoms with Gasteiger partial charge in [0.15, 0.2) is 17.0 Å². The summed E-state index contributed by atoms with van der Waals surface area (Å²) in [6.45, 7) is 20.2. The molecule has 5 fully saturated rings. The summed E-state index contributed by atoms with van der Waals surface area (Å²) in [6, 6.07) is 10.5. The van der Waals surface area contributed by atoms with Crippen molar-refractivity contribution < 1.29 is 95.7 Å². The van der Waals surface area contributed by atoms with Crippen molar-refractivity contribution in [2.45, 2.75) is 219 Å². The molecule has 4 amide bonds. The van der Waals surface area contributed by atoms with Gasteiger partial charge in [0.1, 0.15) is 66.2 Å². The molecule has 1 aliphatic carbocycles. The summed E-state index contributed by atoms with van der Waals surface area (Å²) in [5.74, 6) is -8.20. The lowest BCUT2D eigenvalue weighted by Gasteiger charge is -2.42. The van der Waals surface area contributed by atoms with Crippen LogP contribution in [0.3, 0.4) is 0 Å². The predicted octanol–water partition coefficient (Wildman–Crippen LogP) is 8.91. The van der Waals surface area contributed by atoms with Crippen molar-refractivity contribution in [2.75, 3.05) is 141 Å². The van der Waals surface area contributed by atoms with Crippen molar-refractivity contribution in [2.24, 2.45) is 35.5 Å². The van der Waals surface area contributed by atoms with Crippen LogP contribution in [0.25, 0.3) is 33.4 Å². The number of aliphatic hydroxyl groups is 2. The number of fused-ring (bicyclic) bond motifs is 6. The number of oxazole rings is 1. The molecular weight excluding hydrogens is 1790 g/mol. The van der Waals surface area contributed by atoms with Crippen LogP contribution >= 0.6 is 0 Å². The number of carbonyl (C=O) groups excluding carboxylic acids is 9. The molecule has 0 spiro atoms. The van der Waals surface area contributed by atoms with Gasteiger partial charge in [0.2, 0.25) is 23.6 Å². The molecule has 1 saturated carbocycles. The lowest BCUT2D eigenvalue weighted by Crippen LogP contribution is -2.61. The van der Waals surface area contributed by atoms with Gasteiger partial charge in [-0.1, -0.05) is 89.3 Å². The second-order valence-electron chi connectivity index (χ2n) is 38.1. The third kappa shape index (κ3) is 26.0. The van der Waals surface area contributed by atoms with Crippen molar-refractivity contribution in [1.82, 2.24) is 69.6 Å². The highest BCUT2D eigenvalue weighted by Gasteiger charge is 2.54. The van der Waals surface area contributed by atoms with Crippen molar-refractivity contribution in [3.8, 4) is 11.3 Å². The van der Waals surface area contributed by atoms with E-state index in [9.17, 15) is 53.4 Å². The molecule has 748 valence electrons. The first kappa shape index (κ1) is 103. The molecular formula is C101H134N18O20. The Morgan fingerprint density at radius 1 is 0.719 bits per heavy atom. The summed E-state index contributed by atoms with van der Waals surface area (Å²) in [5.41, 5.74) is 20.6. The lowest BCUT2D eigenvalue weighted by molar-refractivity contribution is -0.265. The quantitative estimate of drug-likeness (QED) is 0.0117. The van der Waals surface area contributed by atoms with E-state index in [1.807, 2.05) is 85.2 Å². The lowest BCUT2D eigenvalue weighted by atomic mass is 9.78. The van der Waals surface area contributed by atoms with Crippen molar-refractivity contribution in [1.29, 1.82) is 0 Å². The third-order valence-corrected chi connectivity index (χ3v) is 28.3. The Bertz CT molecular complexity index is 5600. The Morgan fingerprint density at radius 2 is 1.47 bits per heavy atom. The molecule has 0 radical (unpaired) electrons. The van der Waals surface area contributed by atoms with E-state index in [0.29, 0.717) is 200 Å². The molecule has 2 bridgehead atoms. The molecule has 5 aromatic heterocycles. The first-order chi connectivity index (χ1) is 66.9. The van der Waals surface area contributed by atoms with Crippen LogP contribution in [-0.2, 0) is 97.4 Å². The van der Waals surface area contributed by atoms with E-state index in [1.165, 1.54) is 30.7 Å². The fourth-order valence-electron chi connectivity index (χ4n) is 19.9. The van der Waals surface area contributed by atoms with Crippen LogP contribution in [0.15, 0.2) is 120 Å². The number of ether oxygens (including phenoxy) is 8. The molecule has 4 saturated heterocycles. The van der Waals surface area contributed by atoms with Crippen LogP contribution in [0.5, 0.6) is 0 Å². The van der Waals surface area contributed by atoms with Crippen LogP contribution in [0.2, 0.25) is 0 Å². The standard InChI is InChI=1S/C101H134N18O20/c1-61-16-12-11-13-17-62(2)81(131-8)52-75-25-19-67(7)101(130,139-75)91(125)95(127)118-32-15-14-18-77(118)96(128)137-82(53-78(120)63(3)47-66(6)89(124)90(133-10)88(123)65(5)46-61)64(4)48-68-21-26-80(83(50-68)132-9)136-85(122)28-22-70-54-105-98(106-55-70)116-40-38-114(39-41-116)84(121)30-43-134-45-42-113-34-36-115(37-35-113)99-107-56-74(57-108-99)94(126)104-31-44-135-100(129)117-33-29-71-49-69(20-23-73(71)59-117)58-119-93-86(92(102)109-60-110-93)87(112-119)72-24-27-79-76(51-72)111-97(103)138-79/h11-13,16-17,20,23-24,27,47,49,51,54-57,60-61,63-65,67-68,75,77,80-83,89-90,124,130H,14-15,18-19,21-22,25-26,28-46,48,50,52-53,58-59H2,1-10H3,(H2,103,111)(H,104,126)(H2,102,109,110)/b13-11+,16-12+,62-17+,66-47+/t61-,63-,64-,65-,67-,68+,75+,77+,80-,81+,82+,83-,89-,90+,101-/m1/s1. The predicted molar refractivity (Wildman–Crippen MR) is 515 cm³/mol. The minimum Gasteiger partial charge on any atom is -0.460 e. The number of ketones is 3. The van der Waals surface area contributed by atoms with E-state index in [2.05, 4.69) is 56.1 Å².